The third kappa shape index (κ3) is 3.03. The smallest absolute Gasteiger partial charge is 0.265 e. The second-order valence-corrected chi connectivity index (χ2v) is 8.26. The number of Topliss-reactive ketones (excluding diaryl/α,β-unsaturated/α-hetero) is 1. The first-order valence-corrected chi connectivity index (χ1v) is 8.98. The Balaban J connectivity index is 0.000000211. The predicted octanol–water partition coefficient (Wildman–Crippen LogP) is 2.54. The number of ketones is 1. The van der Waals surface area contributed by atoms with E-state index in [0.29, 0.717) is 12.8 Å². The summed E-state index contributed by atoms with van der Waals surface area (Å²) < 4.78 is 31.0. The third-order valence-corrected chi connectivity index (χ3v) is 6.23. The van der Waals surface area contributed by atoms with Crippen molar-refractivity contribution < 1.29 is 17.8 Å². The lowest BCUT2D eigenvalue weighted by molar-refractivity contribution is -0.128. The predicted molar refractivity (Wildman–Crippen MR) is 85.8 cm³/mol. The summed E-state index contributed by atoms with van der Waals surface area (Å²) in [5.41, 5.74) is 5.06. The summed E-state index contributed by atoms with van der Waals surface area (Å²) in [5, 5.41) is 0. The van der Waals surface area contributed by atoms with E-state index in [1.165, 1.54) is 0 Å². The minimum Gasteiger partial charge on any atom is -0.399 e. The second kappa shape index (κ2) is 5.66. The quantitative estimate of drug-likeness (QED) is 0.643. The molecule has 0 spiro atoms. The van der Waals surface area contributed by atoms with Crippen molar-refractivity contribution in [2.75, 3.05) is 11.5 Å². The van der Waals surface area contributed by atoms with Crippen LogP contribution in [0.5, 0.6) is 0 Å². The van der Waals surface area contributed by atoms with Gasteiger partial charge in [0.15, 0.2) is 0 Å². The molecule has 0 heterocycles. The molecule has 1 unspecified atom stereocenters. The highest BCUT2D eigenvalue weighted by Gasteiger charge is 2.65. The number of carbonyl (C=O) groups excluding carboxylic acids is 1. The molecule has 3 N–H and O–H groups in total. The van der Waals surface area contributed by atoms with E-state index in [0.717, 1.165) is 12.1 Å². The normalized spacial score (nSPS) is 29.0. The number of nitrogen functional groups attached to an aromatic ring is 1. The van der Waals surface area contributed by atoms with E-state index in [9.17, 15) is 13.2 Å². The summed E-state index contributed by atoms with van der Waals surface area (Å²) in [6, 6.07) is 9.49. The van der Waals surface area contributed by atoms with E-state index in [2.05, 4.69) is 0 Å². The lowest BCUT2D eigenvalue weighted by atomic mass is 9.70. The molecule has 0 aliphatic heterocycles. The molecule has 2 aliphatic rings. The van der Waals surface area contributed by atoms with Gasteiger partial charge in [0.1, 0.15) is 5.78 Å². The molecule has 2 fully saturated rings. The zero-order valence-corrected chi connectivity index (χ0v) is 13.8. The number of nitrogens with two attached hydrogens (primary N) is 1. The molecule has 2 atom stereocenters. The molecule has 3 rings (SSSR count). The van der Waals surface area contributed by atoms with Crippen molar-refractivity contribution >= 4 is 21.6 Å². The van der Waals surface area contributed by atoms with Crippen molar-refractivity contribution in [1.29, 1.82) is 0 Å². The van der Waals surface area contributed by atoms with Crippen LogP contribution in [0, 0.1) is 16.7 Å². The molecule has 2 bridgehead atoms. The number of anilines is 1. The van der Waals surface area contributed by atoms with Gasteiger partial charge in [0.05, 0.1) is 11.2 Å². The van der Waals surface area contributed by atoms with E-state index in [1.807, 2.05) is 44.2 Å². The zero-order chi connectivity index (χ0) is 16.6. The van der Waals surface area contributed by atoms with Crippen LogP contribution < -0.4 is 5.73 Å². The minimum atomic E-state index is -4.08. The number of fused-ring (bicyclic) bond motifs is 2. The number of hydrogen-bond donors (Lipinski definition) is 2. The highest BCUT2D eigenvalue weighted by atomic mass is 32.2. The van der Waals surface area contributed by atoms with Gasteiger partial charge in [-0.2, -0.15) is 8.42 Å². The Morgan fingerprint density at radius 1 is 1.27 bits per heavy atom. The highest BCUT2D eigenvalue weighted by molar-refractivity contribution is 7.85. The fourth-order valence-electron chi connectivity index (χ4n) is 3.87. The first kappa shape index (κ1) is 17.0. The first-order valence-electron chi connectivity index (χ1n) is 7.37. The maximum absolute atomic E-state index is 11.9. The molecule has 0 amide bonds. The summed E-state index contributed by atoms with van der Waals surface area (Å²) in [6.07, 6.45) is 1.97. The number of hydrogen-bond acceptors (Lipinski definition) is 4. The lowest BCUT2D eigenvalue weighted by Gasteiger charge is -2.35. The average Bonchev–Trinajstić information content (AvgIpc) is 2.72. The van der Waals surface area contributed by atoms with Crippen LogP contribution in [0.3, 0.4) is 0 Å². The van der Waals surface area contributed by atoms with Crippen molar-refractivity contribution in [3.05, 3.63) is 30.3 Å². The van der Waals surface area contributed by atoms with E-state index in [4.69, 9.17) is 10.3 Å². The van der Waals surface area contributed by atoms with Gasteiger partial charge >= 0.3 is 0 Å². The van der Waals surface area contributed by atoms with Gasteiger partial charge in [0.25, 0.3) is 10.1 Å². The number of para-hydroxylation sites is 1. The molecule has 6 heteroatoms. The van der Waals surface area contributed by atoms with Gasteiger partial charge in [-0.3, -0.25) is 9.35 Å². The van der Waals surface area contributed by atoms with Gasteiger partial charge in [-0.05, 0) is 36.3 Å². The minimum absolute atomic E-state index is 0.0152. The van der Waals surface area contributed by atoms with Gasteiger partial charge < -0.3 is 5.73 Å². The Morgan fingerprint density at radius 2 is 1.86 bits per heavy atom. The van der Waals surface area contributed by atoms with Crippen molar-refractivity contribution in [3.8, 4) is 0 Å². The summed E-state index contributed by atoms with van der Waals surface area (Å²) in [7, 11) is -4.08. The van der Waals surface area contributed by atoms with E-state index in [-0.39, 0.29) is 17.1 Å². The molecule has 5 nitrogen and oxygen atoms in total. The monoisotopic (exact) mass is 325 g/mol. The topological polar surface area (TPSA) is 97.5 Å². The van der Waals surface area contributed by atoms with Gasteiger partial charge in [-0.25, -0.2) is 0 Å². The number of carbonyl (C=O) groups is 1. The van der Waals surface area contributed by atoms with Crippen molar-refractivity contribution in [2.45, 2.75) is 33.1 Å². The first-order chi connectivity index (χ1) is 10.1. The highest BCUT2D eigenvalue weighted by Crippen LogP contribution is 2.64. The molecule has 22 heavy (non-hydrogen) atoms. The van der Waals surface area contributed by atoms with Crippen LogP contribution in [-0.2, 0) is 14.9 Å². The van der Waals surface area contributed by atoms with Crippen LogP contribution in [0.1, 0.15) is 33.1 Å². The molecular weight excluding hydrogens is 302 g/mol. The molecule has 2 aliphatic carbocycles. The molecule has 0 aromatic heterocycles. The summed E-state index contributed by atoms with van der Waals surface area (Å²) in [4.78, 5) is 11.9. The van der Waals surface area contributed by atoms with Gasteiger partial charge in [-0.1, -0.05) is 32.0 Å². The largest absolute Gasteiger partial charge is 0.399 e. The van der Waals surface area contributed by atoms with Crippen LogP contribution >= 0.6 is 0 Å². The van der Waals surface area contributed by atoms with Crippen LogP contribution in [-0.4, -0.2) is 24.5 Å². The summed E-state index contributed by atoms with van der Waals surface area (Å²) in [6.45, 7) is 3.89. The average molecular weight is 325 g/mol. The fourth-order valence-corrected chi connectivity index (χ4v) is 5.17. The molecule has 1 aromatic rings. The fraction of sp³-hybridized carbons (Fsp3) is 0.562. The van der Waals surface area contributed by atoms with Gasteiger partial charge in [0, 0.05) is 12.1 Å². The van der Waals surface area contributed by atoms with Crippen LogP contribution in [0.2, 0.25) is 0 Å². The zero-order valence-electron chi connectivity index (χ0n) is 13.0. The molecule has 122 valence electrons. The third-order valence-electron chi connectivity index (χ3n) is 5.37. The Morgan fingerprint density at radius 3 is 2.18 bits per heavy atom. The van der Waals surface area contributed by atoms with Crippen molar-refractivity contribution in [3.63, 3.8) is 0 Å². The maximum Gasteiger partial charge on any atom is 0.265 e. The van der Waals surface area contributed by atoms with Crippen LogP contribution in [0.15, 0.2) is 30.3 Å². The van der Waals surface area contributed by atoms with Crippen LogP contribution in [0.4, 0.5) is 5.69 Å². The van der Waals surface area contributed by atoms with E-state index < -0.39 is 21.3 Å². The molecule has 0 saturated heterocycles. The molecule has 2 saturated carbocycles. The Labute approximate surface area is 131 Å². The summed E-state index contributed by atoms with van der Waals surface area (Å²) >= 11 is 0. The van der Waals surface area contributed by atoms with Crippen molar-refractivity contribution in [1.82, 2.24) is 0 Å². The summed E-state index contributed by atoms with van der Waals surface area (Å²) in [5.74, 6) is -0.101. The van der Waals surface area contributed by atoms with Gasteiger partial charge in [-0.15, -0.1) is 0 Å². The molecule has 0 radical (unpaired) electrons. The Hall–Kier alpha value is -1.40. The second-order valence-electron chi connectivity index (χ2n) is 6.80. The Kier molecular flexibility index (Phi) is 4.37. The standard InChI is InChI=1S/C10H16O4S.C6H7N/c1-9(2)7-3-4-10(9,8(11)5-7)6-15(12,13)14;7-6-4-2-1-3-5-6/h7H,3-6H2,1-2H3,(H,12,13,14);1-5H,7H2/t7?,10-;/m1./s1. The molecule has 1 aromatic carbocycles. The SMILES string of the molecule is CC1(C)C2CC[C@@]1(CS(=O)(=O)O)C(=O)C2.Nc1ccccc1. The Bertz CT molecular complexity index is 654. The maximum atomic E-state index is 11.9. The molecular formula is C16H23NO4S. The van der Waals surface area contributed by atoms with E-state index >= 15 is 0 Å². The van der Waals surface area contributed by atoms with Crippen molar-refractivity contribution in [2.24, 2.45) is 16.7 Å². The lowest BCUT2D eigenvalue weighted by Crippen LogP contribution is -2.42. The number of rotatable bonds is 2. The van der Waals surface area contributed by atoms with Crippen LogP contribution in [0.25, 0.3) is 0 Å². The number of benzene rings is 1. The van der Waals surface area contributed by atoms with E-state index in [1.54, 1.807) is 0 Å². The van der Waals surface area contributed by atoms with Gasteiger partial charge in [0.2, 0.25) is 0 Å².